The number of ether oxygens (including phenoxy) is 1. The van der Waals surface area contributed by atoms with Crippen LogP contribution >= 0.6 is 11.6 Å². The topological polar surface area (TPSA) is 169 Å². The predicted octanol–water partition coefficient (Wildman–Crippen LogP) is 5.91. The van der Waals surface area contributed by atoms with E-state index in [4.69, 9.17) is 21.8 Å². The van der Waals surface area contributed by atoms with E-state index in [1.165, 1.54) is 41.4 Å². The summed E-state index contributed by atoms with van der Waals surface area (Å²) in [6, 6.07) is 7.86. The molecule has 0 aromatic carbocycles. The molecule has 5 rings (SSSR count). The summed E-state index contributed by atoms with van der Waals surface area (Å²) >= 11 is 6.22. The lowest BCUT2D eigenvalue weighted by Gasteiger charge is -2.28. The molecule has 1 atom stereocenters. The highest BCUT2D eigenvalue weighted by Gasteiger charge is 2.62. The Bertz CT molecular complexity index is 1980. The minimum absolute atomic E-state index is 0.00731. The molecule has 2 amide bonds. The van der Waals surface area contributed by atoms with Crippen LogP contribution in [0.4, 0.5) is 23.8 Å². The first kappa shape index (κ1) is 30.9. The fourth-order valence-electron chi connectivity index (χ4n) is 5.57. The second kappa shape index (κ2) is 14.0. The Morgan fingerprint density at radius 3 is 2.59 bits per heavy atom. The molecule has 0 spiro atoms. The summed E-state index contributed by atoms with van der Waals surface area (Å²) in [6.07, 6.45) is -9.82. The second-order valence-corrected chi connectivity index (χ2v) is 14.4. The molecule has 1 saturated carbocycles. The molecule has 49 heavy (non-hydrogen) atoms. The Hall–Kier alpha value is -4.12. The van der Waals surface area contributed by atoms with E-state index in [0.29, 0.717) is 19.5 Å². The maximum Gasteiger partial charge on any atom is 0.407 e. The molecule has 18 heteroatoms. The van der Waals surface area contributed by atoms with Gasteiger partial charge < -0.3 is 20.1 Å². The fraction of sp³-hybridized carbons (Fsp3) is 0.516. The van der Waals surface area contributed by atoms with Gasteiger partial charge in [-0.25, -0.2) is 24.2 Å². The highest BCUT2D eigenvalue weighted by molar-refractivity contribution is 7.90. The Labute approximate surface area is 291 Å². The van der Waals surface area contributed by atoms with Crippen molar-refractivity contribution in [2.45, 2.75) is 75.4 Å². The molecule has 0 bridgehead atoms. The van der Waals surface area contributed by atoms with Crippen LogP contribution in [-0.4, -0.2) is 81.6 Å². The molecule has 266 valence electrons. The van der Waals surface area contributed by atoms with E-state index in [-0.39, 0.29) is 29.0 Å². The smallest absolute Gasteiger partial charge is 0.407 e. The Morgan fingerprint density at radius 2 is 1.94 bits per heavy atom. The number of hydrogen-bond donors (Lipinski definition) is 3. The largest absolute Gasteiger partial charge is 0.477 e. The molecule has 1 saturated heterocycles. The van der Waals surface area contributed by atoms with Crippen molar-refractivity contribution in [3.8, 4) is 11.7 Å². The van der Waals surface area contributed by atoms with Crippen molar-refractivity contribution >= 4 is 39.4 Å². The van der Waals surface area contributed by atoms with Crippen molar-refractivity contribution in [2.24, 2.45) is 11.3 Å². The summed E-state index contributed by atoms with van der Waals surface area (Å²) in [6.45, 7) is 3.59. The highest BCUT2D eigenvalue weighted by Crippen LogP contribution is 2.60. The number of carboxylic acid groups (broad SMARTS) is 1. The number of nitrogens with zero attached hydrogens (tertiary/aromatic N) is 5. The number of likely N-dealkylation sites (tertiary alicyclic amines) is 1. The summed E-state index contributed by atoms with van der Waals surface area (Å²) in [5, 5.41) is 15.6. The van der Waals surface area contributed by atoms with Gasteiger partial charge in [0, 0.05) is 36.4 Å². The van der Waals surface area contributed by atoms with Gasteiger partial charge in [0.1, 0.15) is 11.0 Å². The maximum absolute atomic E-state index is 13.5. The number of sulfonamides is 1. The molecule has 2 aliphatic rings. The molecular formula is C31H37ClF3N7O6S. The number of alkyl halides is 3. The van der Waals surface area contributed by atoms with Crippen molar-refractivity contribution < 1.29 is 46.5 Å². The van der Waals surface area contributed by atoms with E-state index >= 15 is 0 Å². The third-order valence-electron chi connectivity index (χ3n) is 8.30. The SMILES string of the molecule is [2H]C([2H])(COc1ccn(-c2ccc(C(=O)NS(=O)(=O)c3cccc(NCCC[C@@H]4CN(C(=O)O)C(C)(C)C4)n3)c(Cl)n2)n1)C([2H])([2H])C1(C(F)(F)F)CC1. The maximum atomic E-state index is 13.5. The Morgan fingerprint density at radius 1 is 1.18 bits per heavy atom. The Balaban J connectivity index is 1.16. The average molecular weight is 732 g/mol. The number of carbonyl (C=O) groups is 2. The van der Waals surface area contributed by atoms with Crippen molar-refractivity contribution in [3.05, 3.63) is 53.3 Å². The number of halogens is 4. The third-order valence-corrected chi connectivity index (χ3v) is 9.82. The molecule has 0 radical (unpaired) electrons. The van der Waals surface area contributed by atoms with E-state index in [1.54, 1.807) is 6.07 Å². The monoisotopic (exact) mass is 731 g/mol. The van der Waals surface area contributed by atoms with Gasteiger partial charge in [-0.15, -0.1) is 5.10 Å². The summed E-state index contributed by atoms with van der Waals surface area (Å²) < 4.78 is 107. The number of nitrogens with one attached hydrogen (secondary N) is 2. The molecule has 3 N–H and O–H groups in total. The lowest BCUT2D eigenvalue weighted by molar-refractivity contribution is -0.189. The number of pyridine rings is 2. The lowest BCUT2D eigenvalue weighted by Crippen LogP contribution is -2.41. The highest BCUT2D eigenvalue weighted by atomic mass is 35.5. The van der Waals surface area contributed by atoms with Crippen molar-refractivity contribution in [1.29, 1.82) is 0 Å². The van der Waals surface area contributed by atoms with Gasteiger partial charge in [-0.1, -0.05) is 17.7 Å². The minimum atomic E-state index is -4.94. The van der Waals surface area contributed by atoms with Crippen LogP contribution in [0.25, 0.3) is 5.82 Å². The van der Waals surface area contributed by atoms with Crippen LogP contribution in [0.5, 0.6) is 5.88 Å². The van der Waals surface area contributed by atoms with Gasteiger partial charge in [0.15, 0.2) is 10.8 Å². The van der Waals surface area contributed by atoms with E-state index in [9.17, 15) is 36.3 Å². The molecule has 2 fully saturated rings. The van der Waals surface area contributed by atoms with Gasteiger partial charge in [0.2, 0.25) is 5.88 Å². The first-order valence-electron chi connectivity index (χ1n) is 17.2. The first-order valence-corrected chi connectivity index (χ1v) is 17.1. The van der Waals surface area contributed by atoms with Crippen LogP contribution in [-0.2, 0) is 10.0 Å². The lowest BCUT2D eigenvalue weighted by atomic mass is 9.93. The van der Waals surface area contributed by atoms with Gasteiger partial charge in [-0.2, -0.15) is 21.6 Å². The number of rotatable bonds is 14. The van der Waals surface area contributed by atoms with Crippen LogP contribution in [0, 0.1) is 11.3 Å². The van der Waals surface area contributed by atoms with Crippen molar-refractivity contribution in [2.75, 3.05) is 25.0 Å². The van der Waals surface area contributed by atoms with Crippen LogP contribution in [0.3, 0.4) is 0 Å². The molecule has 0 unspecified atom stereocenters. The molecule has 13 nitrogen and oxygen atoms in total. The summed E-state index contributed by atoms with van der Waals surface area (Å²) in [7, 11) is -4.47. The number of amides is 2. The number of hydrogen-bond acceptors (Lipinski definition) is 9. The zero-order valence-electron chi connectivity index (χ0n) is 30.4. The first-order chi connectivity index (χ1) is 24.5. The van der Waals surface area contributed by atoms with Crippen LogP contribution in [0.15, 0.2) is 47.6 Å². The summed E-state index contributed by atoms with van der Waals surface area (Å²) in [5.41, 5.74) is -3.57. The molecule has 1 aliphatic heterocycles. The molecule has 1 aliphatic carbocycles. The zero-order chi connectivity index (χ0) is 39.2. The van der Waals surface area contributed by atoms with E-state index in [0.717, 1.165) is 17.5 Å². The molecule has 3 aromatic heterocycles. The Kier molecular flexibility index (Phi) is 8.84. The van der Waals surface area contributed by atoms with Crippen molar-refractivity contribution in [1.82, 2.24) is 29.4 Å². The quantitative estimate of drug-likeness (QED) is 0.134. The number of anilines is 1. The predicted molar refractivity (Wildman–Crippen MR) is 172 cm³/mol. The average Bonchev–Trinajstić information content (AvgIpc) is 3.67. The van der Waals surface area contributed by atoms with Crippen LogP contribution < -0.4 is 14.8 Å². The standard InChI is InChI=1S/C31H37ClF3N7O6S/c1-29(2)18-20(19-41(29)28(44)45)6-4-15-36-22-7-3-8-25(37-22)49(46,47)40-27(43)21-9-10-23(38-26(21)32)42-16-11-24(39-42)48-17-5-12-30(13-14-30)31(33,34)35/h3,7-11,16,20H,4-6,12-15,17-19H2,1-2H3,(H,36,37)(H,40,43)(H,44,45)/t20-/m0/s1/i5D2,12D2. The van der Waals surface area contributed by atoms with Gasteiger partial charge in [-0.3, -0.25) is 4.79 Å². The molecule has 3 aromatic rings. The van der Waals surface area contributed by atoms with Gasteiger partial charge >= 0.3 is 12.3 Å². The van der Waals surface area contributed by atoms with Gasteiger partial charge in [-0.05, 0) is 88.9 Å². The van der Waals surface area contributed by atoms with Crippen molar-refractivity contribution in [3.63, 3.8) is 0 Å². The van der Waals surface area contributed by atoms with E-state index in [1.807, 2.05) is 18.6 Å². The van der Waals surface area contributed by atoms with E-state index < -0.39 is 81.5 Å². The molecular weight excluding hydrogens is 691 g/mol. The van der Waals surface area contributed by atoms with E-state index in [2.05, 4.69) is 20.4 Å². The van der Waals surface area contributed by atoms with Gasteiger partial charge in [0.05, 0.1) is 17.6 Å². The second-order valence-electron chi connectivity index (χ2n) is 12.4. The fourth-order valence-corrected chi connectivity index (χ4v) is 6.74. The number of aromatic nitrogens is 4. The molecule has 4 heterocycles. The van der Waals surface area contributed by atoms with Gasteiger partial charge in [0.25, 0.3) is 15.9 Å². The minimum Gasteiger partial charge on any atom is -0.477 e. The summed E-state index contributed by atoms with van der Waals surface area (Å²) in [4.78, 5) is 34.0. The third kappa shape index (κ3) is 8.55. The normalized spacial score (nSPS) is 20.0. The number of carbonyl (C=O) groups excluding carboxylic acids is 1. The summed E-state index contributed by atoms with van der Waals surface area (Å²) in [5.74, 6) is -0.934. The van der Waals surface area contributed by atoms with Crippen LogP contribution in [0.1, 0.15) is 74.5 Å². The van der Waals surface area contributed by atoms with Crippen LogP contribution in [0.2, 0.25) is 5.15 Å². The zero-order valence-corrected chi connectivity index (χ0v) is 28.0.